The fourth-order valence-corrected chi connectivity index (χ4v) is 3.03. The van der Waals surface area contributed by atoms with Crippen LogP contribution in [-0.4, -0.2) is 36.1 Å². The van der Waals surface area contributed by atoms with Gasteiger partial charge in [-0.1, -0.05) is 6.07 Å². The molecule has 11 heteroatoms. The second-order valence-electron chi connectivity index (χ2n) is 5.47. The summed E-state index contributed by atoms with van der Waals surface area (Å²) < 4.78 is 47.6. The van der Waals surface area contributed by atoms with Crippen molar-refractivity contribution >= 4 is 16.2 Å². The Morgan fingerprint density at radius 2 is 1.89 bits per heavy atom. The van der Waals surface area contributed by atoms with E-state index >= 15 is 0 Å². The molecule has 2 N–H and O–H groups in total. The average molecular weight is 404 g/mol. The fraction of sp³-hybridized carbons (Fsp3) is 0.188. The molecule has 0 fully saturated rings. The first-order chi connectivity index (χ1) is 12.2. The summed E-state index contributed by atoms with van der Waals surface area (Å²) in [6.45, 7) is 0. The first kappa shape index (κ1) is 21.3. The number of ketones is 1. The number of carbonyl (C=O) groups is 1. The van der Waals surface area contributed by atoms with Gasteiger partial charge in [-0.25, -0.2) is 8.42 Å². The second-order valence-corrected chi connectivity index (χ2v) is 6.46. The largest absolute Gasteiger partial charge is 1.00 e. The van der Waals surface area contributed by atoms with Crippen molar-refractivity contribution in [3.05, 3.63) is 41.5 Å². The van der Waals surface area contributed by atoms with Crippen LogP contribution < -0.4 is 43.2 Å². The Hall–Kier alpha value is -1.98. The van der Waals surface area contributed by atoms with Crippen LogP contribution in [0.5, 0.6) is 28.7 Å². The Balaban J connectivity index is 0.00000261. The Morgan fingerprint density at radius 3 is 2.52 bits per heavy atom. The number of methoxy groups -OCH3 is 1. The SMILES string of the molecule is COc1ccc([C@@H]2CC(=O)c3c(O)cc(O)cc3O2)cc1OS(=O)(=O)[O-].[Na+]. The first-order valence-electron chi connectivity index (χ1n) is 7.27. The normalized spacial score (nSPS) is 15.9. The minimum Gasteiger partial charge on any atom is -0.716 e. The van der Waals surface area contributed by atoms with Crippen LogP contribution in [0.1, 0.15) is 28.4 Å². The van der Waals surface area contributed by atoms with E-state index in [0.717, 1.165) is 6.07 Å². The van der Waals surface area contributed by atoms with E-state index in [1.54, 1.807) is 0 Å². The van der Waals surface area contributed by atoms with Gasteiger partial charge in [0, 0.05) is 12.1 Å². The van der Waals surface area contributed by atoms with E-state index in [2.05, 4.69) is 4.18 Å². The van der Waals surface area contributed by atoms with E-state index in [0.29, 0.717) is 5.56 Å². The first-order valence-corrected chi connectivity index (χ1v) is 8.60. The third-order valence-electron chi connectivity index (χ3n) is 3.74. The number of phenolic OH excluding ortho intramolecular Hbond substituents is 2. The zero-order chi connectivity index (χ0) is 19.1. The number of phenols is 2. The van der Waals surface area contributed by atoms with Crippen LogP contribution in [0.3, 0.4) is 0 Å². The van der Waals surface area contributed by atoms with Gasteiger partial charge in [0.25, 0.3) is 10.4 Å². The Morgan fingerprint density at radius 1 is 1.19 bits per heavy atom. The van der Waals surface area contributed by atoms with Crippen LogP contribution in [0, 0.1) is 0 Å². The molecule has 0 aromatic heterocycles. The van der Waals surface area contributed by atoms with E-state index in [4.69, 9.17) is 9.47 Å². The quantitative estimate of drug-likeness (QED) is 0.359. The van der Waals surface area contributed by atoms with Crippen LogP contribution in [-0.2, 0) is 10.4 Å². The molecule has 0 spiro atoms. The third-order valence-corrected chi connectivity index (χ3v) is 4.12. The Kier molecular flexibility index (Phi) is 6.28. The fourth-order valence-electron chi connectivity index (χ4n) is 2.68. The van der Waals surface area contributed by atoms with Crippen molar-refractivity contribution in [2.75, 3.05) is 7.11 Å². The maximum Gasteiger partial charge on any atom is 1.00 e. The average Bonchev–Trinajstić information content (AvgIpc) is 2.52. The molecule has 0 bridgehead atoms. The third kappa shape index (κ3) is 4.66. The van der Waals surface area contributed by atoms with Gasteiger partial charge in [0.15, 0.2) is 17.3 Å². The van der Waals surface area contributed by atoms with Gasteiger partial charge in [-0.05, 0) is 17.7 Å². The zero-order valence-electron chi connectivity index (χ0n) is 14.3. The van der Waals surface area contributed by atoms with Crippen LogP contribution in [0.15, 0.2) is 30.3 Å². The standard InChI is InChI=1S/C16H14O9S.Na/c1-23-12-3-2-8(4-14(12)25-26(20,21)22)13-7-11(19)16-10(18)5-9(17)6-15(16)24-13;/h2-6,13,17-18H,7H2,1H3,(H,20,21,22);/q;+1/p-1/t13-;/m0./s1. The molecule has 0 unspecified atom stereocenters. The molecule has 3 rings (SSSR count). The van der Waals surface area contributed by atoms with Crippen molar-refractivity contribution in [1.29, 1.82) is 0 Å². The number of benzene rings is 2. The number of ether oxygens (including phenoxy) is 2. The molecule has 1 aliphatic rings. The van der Waals surface area contributed by atoms with Crippen LogP contribution in [0.25, 0.3) is 0 Å². The van der Waals surface area contributed by atoms with Crippen molar-refractivity contribution in [3.8, 4) is 28.7 Å². The Labute approximate surface area is 176 Å². The molecule has 2 aromatic carbocycles. The zero-order valence-corrected chi connectivity index (χ0v) is 17.1. The van der Waals surface area contributed by atoms with Crippen LogP contribution >= 0.6 is 0 Å². The van der Waals surface area contributed by atoms with Crippen LogP contribution in [0.4, 0.5) is 0 Å². The minimum atomic E-state index is -5.03. The monoisotopic (exact) mass is 404 g/mol. The number of Topliss-reactive ketones (excluding diaryl/α,β-unsaturated/α-hetero) is 1. The molecular weight excluding hydrogens is 391 g/mol. The molecule has 1 heterocycles. The van der Waals surface area contributed by atoms with Gasteiger partial charge in [-0.2, -0.15) is 0 Å². The van der Waals surface area contributed by atoms with Gasteiger partial charge < -0.3 is 28.4 Å². The number of rotatable bonds is 4. The second kappa shape index (κ2) is 7.95. The van der Waals surface area contributed by atoms with E-state index in [1.165, 1.54) is 31.4 Å². The summed E-state index contributed by atoms with van der Waals surface area (Å²) in [5, 5.41) is 19.4. The molecule has 9 nitrogen and oxygen atoms in total. The van der Waals surface area contributed by atoms with Gasteiger partial charge in [0.05, 0.1) is 13.5 Å². The molecule has 27 heavy (non-hydrogen) atoms. The summed E-state index contributed by atoms with van der Waals surface area (Å²) in [6, 6.07) is 6.29. The topological polar surface area (TPSA) is 142 Å². The number of fused-ring (bicyclic) bond motifs is 1. The van der Waals surface area contributed by atoms with E-state index in [1.807, 2.05) is 0 Å². The number of aromatic hydroxyl groups is 2. The van der Waals surface area contributed by atoms with E-state index in [9.17, 15) is 28.0 Å². The molecular formula is C16H13NaO9S. The molecule has 138 valence electrons. The summed E-state index contributed by atoms with van der Waals surface area (Å²) in [5.74, 6) is -1.47. The summed E-state index contributed by atoms with van der Waals surface area (Å²) in [5.41, 5.74) is 0.289. The minimum absolute atomic E-state index is 0. The molecule has 2 aromatic rings. The van der Waals surface area contributed by atoms with Crippen molar-refractivity contribution < 1.29 is 71.2 Å². The predicted molar refractivity (Wildman–Crippen MR) is 85.4 cm³/mol. The number of carbonyl (C=O) groups excluding carboxylic acids is 1. The molecule has 0 saturated carbocycles. The maximum absolute atomic E-state index is 12.3. The molecule has 0 radical (unpaired) electrons. The molecule has 1 aliphatic heterocycles. The van der Waals surface area contributed by atoms with E-state index < -0.39 is 28.0 Å². The van der Waals surface area contributed by atoms with E-state index in [-0.39, 0.29) is 64.5 Å². The predicted octanol–water partition coefficient (Wildman–Crippen LogP) is -1.34. The van der Waals surface area contributed by atoms with Gasteiger partial charge in [0.2, 0.25) is 0 Å². The molecule has 0 amide bonds. The molecule has 0 aliphatic carbocycles. The van der Waals surface area contributed by atoms with Gasteiger partial charge in [-0.15, -0.1) is 0 Å². The van der Waals surface area contributed by atoms with Crippen molar-refractivity contribution in [3.63, 3.8) is 0 Å². The summed E-state index contributed by atoms with van der Waals surface area (Å²) in [4.78, 5) is 12.3. The van der Waals surface area contributed by atoms with Crippen molar-refractivity contribution in [2.45, 2.75) is 12.5 Å². The number of hydrogen-bond acceptors (Lipinski definition) is 9. The molecule has 0 saturated heterocycles. The van der Waals surface area contributed by atoms with Crippen molar-refractivity contribution in [2.24, 2.45) is 0 Å². The maximum atomic E-state index is 12.3. The molecule has 1 atom stereocenters. The summed E-state index contributed by atoms with van der Waals surface area (Å²) >= 11 is 0. The Bertz CT molecular complexity index is 988. The summed E-state index contributed by atoms with van der Waals surface area (Å²) in [6.07, 6.45) is -1.000. The smallest absolute Gasteiger partial charge is 0.716 e. The summed E-state index contributed by atoms with van der Waals surface area (Å²) in [7, 11) is -3.77. The van der Waals surface area contributed by atoms with Crippen molar-refractivity contribution in [1.82, 2.24) is 0 Å². The number of hydrogen-bond donors (Lipinski definition) is 2. The van der Waals surface area contributed by atoms with Gasteiger partial charge >= 0.3 is 29.6 Å². The van der Waals surface area contributed by atoms with Crippen LogP contribution in [0.2, 0.25) is 0 Å². The van der Waals surface area contributed by atoms with Gasteiger partial charge in [0.1, 0.15) is 28.9 Å². The van der Waals surface area contributed by atoms with Gasteiger partial charge in [-0.3, -0.25) is 4.79 Å².